The molecule has 0 bridgehead atoms. The van der Waals surface area contributed by atoms with Crippen LogP contribution < -0.4 is 0 Å². The van der Waals surface area contributed by atoms with Crippen molar-refractivity contribution in [1.82, 2.24) is 9.78 Å². The van der Waals surface area contributed by atoms with Gasteiger partial charge in [-0.2, -0.15) is 5.10 Å². The van der Waals surface area contributed by atoms with Crippen molar-refractivity contribution in [3.05, 3.63) is 40.1 Å². The number of rotatable bonds is 2. The second-order valence-corrected chi connectivity index (χ2v) is 5.14. The lowest BCUT2D eigenvalue weighted by Crippen LogP contribution is -2.02. The highest BCUT2D eigenvalue weighted by Crippen LogP contribution is 2.35. The zero-order valence-corrected chi connectivity index (χ0v) is 11.1. The number of carboxylic acids is 1. The minimum atomic E-state index is -0.970. The molecule has 4 nitrogen and oxygen atoms in total. The smallest absolute Gasteiger partial charge is 0.357 e. The maximum Gasteiger partial charge on any atom is 0.357 e. The van der Waals surface area contributed by atoms with Crippen LogP contribution >= 0.6 is 15.9 Å². The van der Waals surface area contributed by atoms with Crippen LogP contribution in [0, 0.1) is 0 Å². The highest BCUT2D eigenvalue weighted by Gasteiger charge is 2.27. The fraction of sp³-hybridized carbons (Fsp3) is 0.231. The van der Waals surface area contributed by atoms with Crippen LogP contribution in [0.5, 0.6) is 0 Å². The summed E-state index contributed by atoms with van der Waals surface area (Å²) in [5.74, 6) is -0.970. The number of hydrogen-bond acceptors (Lipinski definition) is 2. The molecule has 0 unspecified atom stereocenters. The van der Waals surface area contributed by atoms with Crippen molar-refractivity contribution in [2.45, 2.75) is 19.4 Å². The Morgan fingerprint density at radius 3 is 2.89 bits per heavy atom. The Labute approximate surface area is 112 Å². The Kier molecular flexibility index (Phi) is 2.70. The molecule has 1 N–H and O–H groups in total. The summed E-state index contributed by atoms with van der Waals surface area (Å²) in [7, 11) is 0. The van der Waals surface area contributed by atoms with Crippen molar-refractivity contribution < 1.29 is 9.90 Å². The third-order valence-electron chi connectivity index (χ3n) is 3.19. The fourth-order valence-electron chi connectivity index (χ4n) is 2.43. The SMILES string of the molecule is O=C(O)c1nn2c(c1-c1ccccc1Br)CCC2. The molecular formula is C13H11BrN2O2. The number of nitrogens with zero attached hydrogens (tertiary/aromatic N) is 2. The molecular weight excluding hydrogens is 296 g/mol. The Hall–Kier alpha value is -1.62. The molecule has 3 rings (SSSR count). The van der Waals surface area contributed by atoms with Gasteiger partial charge in [0.1, 0.15) is 0 Å². The van der Waals surface area contributed by atoms with Crippen LogP contribution in [-0.4, -0.2) is 20.9 Å². The molecule has 0 spiro atoms. The lowest BCUT2D eigenvalue weighted by molar-refractivity contribution is 0.0690. The first-order chi connectivity index (χ1) is 8.68. The van der Waals surface area contributed by atoms with E-state index in [1.54, 1.807) is 0 Å². The molecule has 1 aromatic heterocycles. The zero-order valence-electron chi connectivity index (χ0n) is 9.56. The van der Waals surface area contributed by atoms with E-state index in [1.807, 2.05) is 28.9 Å². The van der Waals surface area contributed by atoms with Gasteiger partial charge in [-0.3, -0.25) is 4.68 Å². The maximum atomic E-state index is 11.3. The number of halogens is 1. The molecule has 92 valence electrons. The number of aromatic carboxylic acids is 1. The average molecular weight is 307 g/mol. The van der Waals surface area contributed by atoms with E-state index < -0.39 is 5.97 Å². The van der Waals surface area contributed by atoms with Crippen LogP contribution in [0.25, 0.3) is 11.1 Å². The number of carbonyl (C=O) groups is 1. The Balaban J connectivity index is 2.28. The van der Waals surface area contributed by atoms with E-state index in [4.69, 9.17) is 0 Å². The number of carboxylic acid groups (broad SMARTS) is 1. The van der Waals surface area contributed by atoms with E-state index in [1.165, 1.54) is 0 Å². The fourth-order valence-corrected chi connectivity index (χ4v) is 2.91. The molecule has 2 heterocycles. The van der Waals surface area contributed by atoms with Crippen LogP contribution in [0.15, 0.2) is 28.7 Å². The largest absolute Gasteiger partial charge is 0.476 e. The first-order valence-electron chi connectivity index (χ1n) is 5.76. The van der Waals surface area contributed by atoms with Gasteiger partial charge in [0.15, 0.2) is 5.69 Å². The van der Waals surface area contributed by atoms with Gasteiger partial charge in [-0.25, -0.2) is 4.79 Å². The molecule has 0 amide bonds. The standard InChI is InChI=1S/C13H11BrN2O2/c14-9-5-2-1-4-8(9)11-10-6-3-7-16(10)15-12(11)13(17)18/h1-2,4-5H,3,6-7H2,(H,17,18). The van der Waals surface area contributed by atoms with Crippen molar-refractivity contribution in [3.63, 3.8) is 0 Å². The summed E-state index contributed by atoms with van der Waals surface area (Å²) in [4.78, 5) is 11.3. The summed E-state index contributed by atoms with van der Waals surface area (Å²) in [6, 6.07) is 7.66. The molecule has 2 aromatic rings. The van der Waals surface area contributed by atoms with Crippen LogP contribution in [0.3, 0.4) is 0 Å². The van der Waals surface area contributed by atoms with Gasteiger partial charge in [0.2, 0.25) is 0 Å². The molecule has 1 aliphatic heterocycles. The van der Waals surface area contributed by atoms with Crippen molar-refractivity contribution in [3.8, 4) is 11.1 Å². The van der Waals surface area contributed by atoms with Crippen molar-refractivity contribution in [2.75, 3.05) is 0 Å². The van der Waals surface area contributed by atoms with Gasteiger partial charge in [-0.1, -0.05) is 34.1 Å². The lowest BCUT2D eigenvalue weighted by atomic mass is 10.0. The highest BCUT2D eigenvalue weighted by molar-refractivity contribution is 9.10. The van der Waals surface area contributed by atoms with E-state index in [0.29, 0.717) is 0 Å². The Morgan fingerprint density at radius 2 is 2.17 bits per heavy atom. The number of fused-ring (bicyclic) bond motifs is 1. The number of hydrogen-bond donors (Lipinski definition) is 1. The summed E-state index contributed by atoms with van der Waals surface area (Å²) in [5.41, 5.74) is 2.83. The van der Waals surface area contributed by atoms with Gasteiger partial charge in [-0.05, 0) is 18.9 Å². The number of aryl methyl sites for hydroxylation is 1. The summed E-state index contributed by atoms with van der Waals surface area (Å²) in [5, 5.41) is 13.5. The predicted octanol–water partition coefficient (Wildman–Crippen LogP) is 2.96. The van der Waals surface area contributed by atoms with Gasteiger partial charge >= 0.3 is 5.97 Å². The van der Waals surface area contributed by atoms with Gasteiger partial charge in [0, 0.05) is 27.8 Å². The average Bonchev–Trinajstić information content (AvgIpc) is 2.89. The molecule has 0 saturated heterocycles. The number of benzene rings is 1. The van der Waals surface area contributed by atoms with Crippen LogP contribution in [0.2, 0.25) is 0 Å². The van der Waals surface area contributed by atoms with E-state index in [9.17, 15) is 9.90 Å². The Morgan fingerprint density at radius 1 is 1.39 bits per heavy atom. The topological polar surface area (TPSA) is 55.1 Å². The molecule has 0 saturated carbocycles. The van der Waals surface area contributed by atoms with E-state index >= 15 is 0 Å². The van der Waals surface area contributed by atoms with Gasteiger partial charge < -0.3 is 5.11 Å². The third-order valence-corrected chi connectivity index (χ3v) is 3.88. The molecule has 18 heavy (non-hydrogen) atoms. The first-order valence-corrected chi connectivity index (χ1v) is 6.55. The number of aromatic nitrogens is 2. The summed E-state index contributed by atoms with van der Waals surface area (Å²) in [6.45, 7) is 0.806. The quantitative estimate of drug-likeness (QED) is 0.928. The normalized spacial score (nSPS) is 13.6. The molecule has 0 atom stereocenters. The molecule has 1 aromatic carbocycles. The molecule has 5 heteroatoms. The van der Waals surface area contributed by atoms with E-state index in [-0.39, 0.29) is 5.69 Å². The first kappa shape index (κ1) is 11.5. The van der Waals surface area contributed by atoms with E-state index in [2.05, 4.69) is 21.0 Å². The van der Waals surface area contributed by atoms with Crippen molar-refractivity contribution in [1.29, 1.82) is 0 Å². The monoisotopic (exact) mass is 306 g/mol. The maximum absolute atomic E-state index is 11.3. The second-order valence-electron chi connectivity index (χ2n) is 4.28. The summed E-state index contributed by atoms with van der Waals surface area (Å²) >= 11 is 3.48. The molecule has 0 fully saturated rings. The minimum Gasteiger partial charge on any atom is -0.476 e. The van der Waals surface area contributed by atoms with Gasteiger partial charge in [-0.15, -0.1) is 0 Å². The minimum absolute atomic E-state index is 0.150. The highest BCUT2D eigenvalue weighted by atomic mass is 79.9. The third kappa shape index (κ3) is 1.66. The Bertz CT molecular complexity index is 634. The van der Waals surface area contributed by atoms with Crippen LogP contribution in [-0.2, 0) is 13.0 Å². The zero-order chi connectivity index (χ0) is 12.7. The molecule has 0 aliphatic carbocycles. The lowest BCUT2D eigenvalue weighted by Gasteiger charge is -2.05. The van der Waals surface area contributed by atoms with E-state index in [0.717, 1.165) is 40.7 Å². The predicted molar refractivity (Wildman–Crippen MR) is 70.6 cm³/mol. The van der Waals surface area contributed by atoms with Crippen LogP contribution in [0.4, 0.5) is 0 Å². The second kappa shape index (κ2) is 4.24. The molecule has 0 radical (unpaired) electrons. The summed E-state index contributed by atoms with van der Waals surface area (Å²) < 4.78 is 2.72. The van der Waals surface area contributed by atoms with Crippen molar-refractivity contribution >= 4 is 21.9 Å². The van der Waals surface area contributed by atoms with Gasteiger partial charge in [0.05, 0.1) is 0 Å². The molecule has 1 aliphatic rings. The van der Waals surface area contributed by atoms with Crippen LogP contribution in [0.1, 0.15) is 22.6 Å². The summed E-state index contributed by atoms with van der Waals surface area (Å²) in [6.07, 6.45) is 1.91. The van der Waals surface area contributed by atoms with Gasteiger partial charge in [0.25, 0.3) is 0 Å². The van der Waals surface area contributed by atoms with Crippen molar-refractivity contribution in [2.24, 2.45) is 0 Å².